The number of aliphatic carboxylic acids is 1. The third-order valence-corrected chi connectivity index (χ3v) is 4.00. The number of carboxylic acids is 1. The molecule has 0 aromatic heterocycles. The lowest BCUT2D eigenvalue weighted by atomic mass is 9.89. The molecule has 1 fully saturated rings. The summed E-state index contributed by atoms with van der Waals surface area (Å²) in [6.07, 6.45) is -12.8. The van der Waals surface area contributed by atoms with Gasteiger partial charge in [0.2, 0.25) is 6.10 Å². The minimum Gasteiger partial charge on any atom is -0.481 e. The van der Waals surface area contributed by atoms with Gasteiger partial charge in [0.15, 0.2) is 0 Å². The standard InChI is InChI=1S/C13H8F6O4/c14-12(15,16)9-11(10(20)21)4-7(11)6-3-5(23-13(17,18)19)1-2-8(6)22-9/h1-3,7,9H,4H2,(H,20,21). The Labute approximate surface area is 124 Å². The van der Waals surface area contributed by atoms with Crippen molar-refractivity contribution in [2.75, 3.05) is 0 Å². The van der Waals surface area contributed by atoms with Crippen LogP contribution in [0.3, 0.4) is 0 Å². The van der Waals surface area contributed by atoms with Crippen LogP contribution in [0.2, 0.25) is 0 Å². The molecule has 1 aliphatic heterocycles. The smallest absolute Gasteiger partial charge is 0.481 e. The molecule has 3 rings (SSSR count). The van der Waals surface area contributed by atoms with Gasteiger partial charge in [0.25, 0.3) is 0 Å². The second kappa shape index (κ2) is 4.45. The molecule has 3 unspecified atom stereocenters. The molecule has 4 nitrogen and oxygen atoms in total. The van der Waals surface area contributed by atoms with Gasteiger partial charge in [-0.2, -0.15) is 13.2 Å². The van der Waals surface area contributed by atoms with Crippen molar-refractivity contribution in [3.63, 3.8) is 0 Å². The molecule has 1 aromatic rings. The highest BCUT2D eigenvalue weighted by Crippen LogP contribution is 2.69. The summed E-state index contributed by atoms with van der Waals surface area (Å²) >= 11 is 0. The van der Waals surface area contributed by atoms with Crippen molar-refractivity contribution in [3.8, 4) is 11.5 Å². The fourth-order valence-electron chi connectivity index (χ4n) is 3.00. The van der Waals surface area contributed by atoms with Crippen LogP contribution in [0.5, 0.6) is 11.5 Å². The van der Waals surface area contributed by atoms with E-state index in [2.05, 4.69) is 4.74 Å². The number of benzene rings is 1. The van der Waals surface area contributed by atoms with Gasteiger partial charge >= 0.3 is 18.5 Å². The van der Waals surface area contributed by atoms with Crippen molar-refractivity contribution in [1.29, 1.82) is 0 Å². The fourth-order valence-corrected chi connectivity index (χ4v) is 3.00. The second-order valence-electron chi connectivity index (χ2n) is 5.39. The lowest BCUT2D eigenvalue weighted by Gasteiger charge is -2.32. The van der Waals surface area contributed by atoms with Gasteiger partial charge in [0, 0.05) is 11.5 Å². The van der Waals surface area contributed by atoms with Gasteiger partial charge < -0.3 is 14.6 Å². The SMILES string of the molecule is O=C(O)C12CC1c1cc(OC(F)(F)F)ccc1OC2C(F)(F)F. The van der Waals surface area contributed by atoms with E-state index in [1.165, 1.54) is 0 Å². The number of alkyl halides is 6. The number of hydrogen-bond donors (Lipinski definition) is 1. The Morgan fingerprint density at radius 3 is 2.43 bits per heavy atom. The molecular weight excluding hydrogens is 334 g/mol. The molecule has 1 saturated carbocycles. The van der Waals surface area contributed by atoms with Crippen molar-refractivity contribution < 1.29 is 45.7 Å². The highest BCUT2D eigenvalue weighted by Gasteiger charge is 2.75. The zero-order valence-corrected chi connectivity index (χ0v) is 11.0. The Morgan fingerprint density at radius 2 is 1.91 bits per heavy atom. The average Bonchev–Trinajstić information content (AvgIpc) is 3.11. The van der Waals surface area contributed by atoms with Gasteiger partial charge in [-0.1, -0.05) is 0 Å². The van der Waals surface area contributed by atoms with Crippen LogP contribution in [0.25, 0.3) is 0 Å². The topological polar surface area (TPSA) is 55.8 Å². The predicted molar refractivity (Wildman–Crippen MR) is 61.0 cm³/mol. The minimum atomic E-state index is -4.97. The van der Waals surface area contributed by atoms with Crippen LogP contribution < -0.4 is 9.47 Å². The maximum Gasteiger partial charge on any atom is 0.573 e. The van der Waals surface area contributed by atoms with Crippen LogP contribution in [-0.4, -0.2) is 29.7 Å². The molecule has 1 heterocycles. The number of carboxylic acid groups (broad SMARTS) is 1. The van der Waals surface area contributed by atoms with Gasteiger partial charge in [-0.05, 0) is 24.6 Å². The maximum atomic E-state index is 13.1. The molecule has 1 aromatic carbocycles. The van der Waals surface area contributed by atoms with Crippen LogP contribution in [0.1, 0.15) is 17.9 Å². The lowest BCUT2D eigenvalue weighted by molar-refractivity contribution is -0.274. The van der Waals surface area contributed by atoms with E-state index in [1.54, 1.807) is 0 Å². The molecule has 3 atom stereocenters. The average molecular weight is 342 g/mol. The highest BCUT2D eigenvalue weighted by atomic mass is 19.4. The van der Waals surface area contributed by atoms with Crippen molar-refractivity contribution in [3.05, 3.63) is 23.8 Å². The molecule has 126 valence electrons. The van der Waals surface area contributed by atoms with E-state index >= 15 is 0 Å². The van der Waals surface area contributed by atoms with Crippen LogP contribution in [0.15, 0.2) is 18.2 Å². The van der Waals surface area contributed by atoms with E-state index in [4.69, 9.17) is 9.84 Å². The Morgan fingerprint density at radius 1 is 1.26 bits per heavy atom. The quantitative estimate of drug-likeness (QED) is 0.837. The number of hydrogen-bond acceptors (Lipinski definition) is 3. The van der Waals surface area contributed by atoms with Crippen LogP contribution in [-0.2, 0) is 4.79 Å². The van der Waals surface area contributed by atoms with Gasteiger partial charge in [-0.25, -0.2) is 0 Å². The molecule has 10 heteroatoms. The first kappa shape index (κ1) is 15.8. The molecule has 0 spiro atoms. The largest absolute Gasteiger partial charge is 0.573 e. The van der Waals surface area contributed by atoms with Gasteiger partial charge in [0.1, 0.15) is 16.9 Å². The molecule has 0 saturated heterocycles. The van der Waals surface area contributed by atoms with E-state index in [-0.39, 0.29) is 17.7 Å². The Balaban J connectivity index is 2.01. The first-order chi connectivity index (χ1) is 10.4. The zero-order valence-electron chi connectivity index (χ0n) is 11.0. The zero-order chi connectivity index (χ0) is 17.2. The van der Waals surface area contributed by atoms with E-state index in [9.17, 15) is 31.1 Å². The Kier molecular flexibility index (Phi) is 3.05. The van der Waals surface area contributed by atoms with E-state index < -0.39 is 41.7 Å². The first-order valence-electron chi connectivity index (χ1n) is 6.31. The van der Waals surface area contributed by atoms with Gasteiger partial charge in [0.05, 0.1) is 0 Å². The molecule has 1 aliphatic carbocycles. The fraction of sp³-hybridized carbons (Fsp3) is 0.462. The second-order valence-corrected chi connectivity index (χ2v) is 5.39. The van der Waals surface area contributed by atoms with Crippen LogP contribution in [0.4, 0.5) is 26.3 Å². The predicted octanol–water partition coefficient (Wildman–Crippen LogP) is 3.47. The number of rotatable bonds is 2. The van der Waals surface area contributed by atoms with Gasteiger partial charge in [-0.3, -0.25) is 4.79 Å². The highest BCUT2D eigenvalue weighted by molar-refractivity contribution is 5.83. The normalized spacial score (nSPS) is 29.1. The van der Waals surface area contributed by atoms with Crippen molar-refractivity contribution in [2.24, 2.45) is 5.41 Å². The first-order valence-corrected chi connectivity index (χ1v) is 6.31. The maximum absolute atomic E-state index is 13.1. The minimum absolute atomic E-state index is 0.0327. The lowest BCUT2D eigenvalue weighted by Crippen LogP contribution is -2.48. The molecule has 0 amide bonds. The monoisotopic (exact) mass is 342 g/mol. The summed E-state index contributed by atoms with van der Waals surface area (Å²) in [4.78, 5) is 11.3. The number of halogens is 6. The van der Waals surface area contributed by atoms with Crippen molar-refractivity contribution >= 4 is 5.97 Å². The summed E-state index contributed by atoms with van der Waals surface area (Å²) in [5.74, 6) is -3.71. The Bertz CT molecular complexity index is 667. The number of carbonyl (C=O) groups is 1. The van der Waals surface area contributed by atoms with E-state index in [0.29, 0.717) is 0 Å². The van der Waals surface area contributed by atoms with Crippen LogP contribution >= 0.6 is 0 Å². The summed E-state index contributed by atoms with van der Waals surface area (Å²) in [5, 5.41) is 9.16. The summed E-state index contributed by atoms with van der Waals surface area (Å²) in [5.41, 5.74) is -2.24. The molecule has 0 bridgehead atoms. The third-order valence-electron chi connectivity index (χ3n) is 4.00. The molecular formula is C13H8F6O4. The molecule has 23 heavy (non-hydrogen) atoms. The summed E-state index contributed by atoms with van der Waals surface area (Å²) in [6, 6.07) is 2.60. The summed E-state index contributed by atoms with van der Waals surface area (Å²) in [7, 11) is 0. The van der Waals surface area contributed by atoms with E-state index in [0.717, 1.165) is 18.2 Å². The molecule has 0 radical (unpaired) electrons. The van der Waals surface area contributed by atoms with Crippen molar-refractivity contribution in [1.82, 2.24) is 0 Å². The molecule has 2 aliphatic rings. The Hall–Kier alpha value is -2.13. The number of fused-ring (bicyclic) bond motifs is 3. The third kappa shape index (κ3) is 2.45. The molecule has 1 N–H and O–H groups in total. The van der Waals surface area contributed by atoms with Crippen molar-refractivity contribution in [2.45, 2.75) is 31.0 Å². The van der Waals surface area contributed by atoms with E-state index in [1.807, 2.05) is 0 Å². The van der Waals surface area contributed by atoms with Crippen LogP contribution in [0, 0.1) is 5.41 Å². The summed E-state index contributed by atoms with van der Waals surface area (Å²) in [6.45, 7) is 0. The van der Waals surface area contributed by atoms with Gasteiger partial charge in [-0.15, -0.1) is 13.2 Å². The number of ether oxygens (including phenoxy) is 2. The summed E-state index contributed by atoms with van der Waals surface area (Å²) < 4.78 is 84.2.